The zero-order valence-electron chi connectivity index (χ0n) is 11.3. The molecule has 1 aromatic carbocycles. The van der Waals surface area contributed by atoms with Gasteiger partial charge in [-0.15, -0.1) is 0 Å². The second-order valence-electron chi connectivity index (χ2n) is 5.45. The third-order valence-electron chi connectivity index (χ3n) is 4.15. The molecular weight excluding hydrogens is 239 g/mol. The van der Waals surface area contributed by atoms with Crippen LogP contribution in [0.2, 0.25) is 6.82 Å². The summed E-state index contributed by atoms with van der Waals surface area (Å²) in [7, 11) is -0.412. The maximum Gasteiger partial charge on any atom is 0.376 e. The Kier molecular flexibility index (Phi) is 3.33. The molecule has 0 unspecified atom stereocenters. The van der Waals surface area contributed by atoms with Crippen LogP contribution in [-0.2, 0) is 17.8 Å². The van der Waals surface area contributed by atoms with Gasteiger partial charge >= 0.3 is 7.05 Å². The van der Waals surface area contributed by atoms with E-state index in [1.165, 1.54) is 11.1 Å². The summed E-state index contributed by atoms with van der Waals surface area (Å²) in [6.07, 6.45) is 2.58. The van der Waals surface area contributed by atoms with Gasteiger partial charge in [0.2, 0.25) is 5.91 Å². The van der Waals surface area contributed by atoms with E-state index in [4.69, 9.17) is 0 Å². The maximum atomic E-state index is 11.8. The third kappa shape index (κ3) is 2.40. The van der Waals surface area contributed by atoms with Crippen molar-refractivity contribution >= 4 is 18.6 Å². The summed E-state index contributed by atoms with van der Waals surface area (Å²) in [6, 6.07) is 6.31. The predicted octanol–water partition coefficient (Wildman–Crippen LogP) is 1.28. The zero-order valence-corrected chi connectivity index (χ0v) is 11.3. The monoisotopic (exact) mass is 258 g/mol. The van der Waals surface area contributed by atoms with Crippen molar-refractivity contribution in [3.05, 3.63) is 29.3 Å². The number of amides is 1. The molecule has 1 fully saturated rings. The van der Waals surface area contributed by atoms with E-state index in [1.807, 2.05) is 4.90 Å². The van der Waals surface area contributed by atoms with Crippen molar-refractivity contribution in [3.63, 3.8) is 0 Å². The van der Waals surface area contributed by atoms with E-state index < -0.39 is 7.05 Å². The van der Waals surface area contributed by atoms with Gasteiger partial charge in [0, 0.05) is 25.2 Å². The van der Waals surface area contributed by atoms with Crippen LogP contribution in [0, 0.1) is 0 Å². The van der Waals surface area contributed by atoms with Gasteiger partial charge in [-0.1, -0.05) is 6.07 Å². The molecule has 0 atom stereocenters. The van der Waals surface area contributed by atoms with E-state index in [9.17, 15) is 9.82 Å². The normalized spacial score (nSPS) is 19.7. The number of anilines is 1. The van der Waals surface area contributed by atoms with Crippen molar-refractivity contribution in [2.24, 2.45) is 0 Å². The Morgan fingerprint density at radius 3 is 2.74 bits per heavy atom. The highest BCUT2D eigenvalue weighted by molar-refractivity contribution is 6.45. The molecule has 2 aliphatic rings. The molecule has 19 heavy (non-hydrogen) atoms. The molecule has 2 aliphatic heterocycles. The summed E-state index contributed by atoms with van der Waals surface area (Å²) in [5.74, 6) is 0.225. The molecule has 1 aromatic rings. The molecule has 2 heterocycles. The lowest BCUT2D eigenvalue weighted by Gasteiger charge is -2.30. The zero-order chi connectivity index (χ0) is 13.4. The minimum Gasteiger partial charge on any atom is -0.437 e. The highest BCUT2D eigenvalue weighted by Crippen LogP contribution is 2.27. The van der Waals surface area contributed by atoms with Gasteiger partial charge in [-0.3, -0.25) is 4.79 Å². The van der Waals surface area contributed by atoms with E-state index in [2.05, 4.69) is 23.0 Å². The minimum absolute atomic E-state index is 0.225. The van der Waals surface area contributed by atoms with Crippen LogP contribution in [0.25, 0.3) is 0 Å². The fourth-order valence-electron chi connectivity index (χ4n) is 2.97. The van der Waals surface area contributed by atoms with Crippen LogP contribution in [0.4, 0.5) is 5.69 Å². The van der Waals surface area contributed by atoms with Gasteiger partial charge in [0.1, 0.15) is 0 Å². The molecule has 0 aliphatic carbocycles. The summed E-state index contributed by atoms with van der Waals surface area (Å²) in [5, 5.41) is 9.69. The number of nitrogens with zero attached hydrogens (tertiary/aromatic N) is 2. The first-order valence-electron chi connectivity index (χ1n) is 6.99. The minimum atomic E-state index is -0.412. The van der Waals surface area contributed by atoms with Crippen molar-refractivity contribution < 1.29 is 9.82 Å². The molecule has 0 radical (unpaired) electrons. The van der Waals surface area contributed by atoms with Crippen molar-refractivity contribution in [2.75, 3.05) is 18.0 Å². The largest absolute Gasteiger partial charge is 0.437 e. The number of carbonyl (C=O) groups excluding carboxylic acids is 1. The Hall–Kier alpha value is -1.33. The quantitative estimate of drug-likeness (QED) is 0.813. The molecular formula is C14H19BN2O2. The summed E-state index contributed by atoms with van der Waals surface area (Å²) in [5.41, 5.74) is 3.59. The average Bonchev–Trinajstić information content (AvgIpc) is 2.83. The van der Waals surface area contributed by atoms with Crippen LogP contribution < -0.4 is 4.90 Å². The first-order chi connectivity index (χ1) is 9.15. The lowest BCUT2D eigenvalue weighted by atomic mass is 9.81. The number of fused-ring (bicyclic) bond motifs is 1. The summed E-state index contributed by atoms with van der Waals surface area (Å²) >= 11 is 0. The number of hydrogen-bond donors (Lipinski definition) is 1. The molecule has 4 nitrogen and oxygen atoms in total. The molecule has 100 valence electrons. The Morgan fingerprint density at radius 2 is 2.05 bits per heavy atom. The van der Waals surface area contributed by atoms with Crippen LogP contribution >= 0.6 is 0 Å². The molecule has 1 amide bonds. The molecule has 5 heteroatoms. The Balaban J connectivity index is 1.86. The van der Waals surface area contributed by atoms with Crippen LogP contribution in [0.3, 0.4) is 0 Å². The lowest BCUT2D eigenvalue weighted by molar-refractivity contribution is -0.117. The van der Waals surface area contributed by atoms with Crippen molar-refractivity contribution in [3.8, 4) is 0 Å². The maximum absolute atomic E-state index is 11.8. The van der Waals surface area contributed by atoms with E-state index in [1.54, 1.807) is 6.82 Å². The number of hydrogen-bond acceptors (Lipinski definition) is 3. The topological polar surface area (TPSA) is 43.8 Å². The van der Waals surface area contributed by atoms with Gasteiger partial charge in [-0.2, -0.15) is 0 Å². The van der Waals surface area contributed by atoms with E-state index in [0.717, 1.165) is 38.2 Å². The average molecular weight is 258 g/mol. The van der Waals surface area contributed by atoms with Crippen molar-refractivity contribution in [2.45, 2.75) is 32.6 Å². The van der Waals surface area contributed by atoms with Crippen molar-refractivity contribution in [1.29, 1.82) is 0 Å². The molecule has 3 rings (SSSR count). The second-order valence-corrected chi connectivity index (χ2v) is 5.45. The molecule has 1 saturated heterocycles. The highest BCUT2D eigenvalue weighted by Gasteiger charge is 2.25. The second kappa shape index (κ2) is 4.98. The SMILES string of the molecule is CB(O)N1CCc2ccc(N3CCCC3=O)cc2C1. The first kappa shape index (κ1) is 12.7. The van der Waals surface area contributed by atoms with Gasteiger partial charge in [-0.05, 0) is 49.5 Å². The summed E-state index contributed by atoms with van der Waals surface area (Å²) in [6.45, 7) is 4.30. The Labute approximate surface area is 114 Å². The third-order valence-corrected chi connectivity index (χ3v) is 4.15. The van der Waals surface area contributed by atoms with Crippen LogP contribution in [0.1, 0.15) is 24.0 Å². The highest BCUT2D eigenvalue weighted by atomic mass is 16.2. The van der Waals surface area contributed by atoms with Gasteiger partial charge in [0.25, 0.3) is 0 Å². The fraction of sp³-hybridized carbons (Fsp3) is 0.500. The smallest absolute Gasteiger partial charge is 0.376 e. The Morgan fingerprint density at radius 1 is 1.21 bits per heavy atom. The Bertz CT molecular complexity index is 504. The fourth-order valence-corrected chi connectivity index (χ4v) is 2.97. The van der Waals surface area contributed by atoms with E-state index in [0.29, 0.717) is 6.42 Å². The number of benzene rings is 1. The predicted molar refractivity (Wildman–Crippen MR) is 76.0 cm³/mol. The summed E-state index contributed by atoms with van der Waals surface area (Å²) in [4.78, 5) is 15.7. The van der Waals surface area contributed by atoms with Gasteiger partial charge in [-0.25, -0.2) is 0 Å². The van der Waals surface area contributed by atoms with Crippen LogP contribution in [0.5, 0.6) is 0 Å². The van der Waals surface area contributed by atoms with Gasteiger partial charge in [0.05, 0.1) is 0 Å². The van der Waals surface area contributed by atoms with E-state index >= 15 is 0 Å². The lowest BCUT2D eigenvalue weighted by Crippen LogP contribution is -2.40. The molecule has 0 spiro atoms. The molecule has 0 bridgehead atoms. The first-order valence-corrected chi connectivity index (χ1v) is 6.99. The van der Waals surface area contributed by atoms with Gasteiger partial charge in [0.15, 0.2) is 0 Å². The molecule has 0 saturated carbocycles. The number of carbonyl (C=O) groups is 1. The number of rotatable bonds is 2. The molecule has 1 N–H and O–H groups in total. The van der Waals surface area contributed by atoms with Crippen molar-refractivity contribution in [1.82, 2.24) is 4.81 Å². The summed E-state index contributed by atoms with van der Waals surface area (Å²) < 4.78 is 0. The molecule has 0 aromatic heterocycles. The standard InChI is InChI=1S/C14H19BN2O2/c1-15(19)16-8-6-11-4-5-13(9-12(11)10-16)17-7-2-3-14(17)18/h4-5,9,19H,2-3,6-8,10H2,1H3. The van der Waals surface area contributed by atoms with Gasteiger partial charge < -0.3 is 14.7 Å². The van der Waals surface area contributed by atoms with Crippen LogP contribution in [-0.4, -0.2) is 35.9 Å². The van der Waals surface area contributed by atoms with Crippen LogP contribution in [0.15, 0.2) is 18.2 Å². The van der Waals surface area contributed by atoms with E-state index in [-0.39, 0.29) is 5.91 Å².